The first-order chi connectivity index (χ1) is 14.8. The second-order valence-electron chi connectivity index (χ2n) is 8.98. The SMILES string of the molecule is CN(C1CCN(CC(=O)NC2(c3ccc4c(c3)OCCO4)CCCC2)CC1)S(C)(=O)=O. The van der Waals surface area contributed by atoms with E-state index < -0.39 is 10.0 Å². The van der Waals surface area contributed by atoms with Gasteiger partial charge in [0.2, 0.25) is 15.9 Å². The molecule has 0 radical (unpaired) electrons. The Morgan fingerprint density at radius 2 is 1.81 bits per heavy atom. The molecule has 0 bridgehead atoms. The van der Waals surface area contributed by atoms with E-state index >= 15 is 0 Å². The summed E-state index contributed by atoms with van der Waals surface area (Å²) in [6.45, 7) is 2.87. The van der Waals surface area contributed by atoms with Crippen LogP contribution in [0.1, 0.15) is 44.1 Å². The van der Waals surface area contributed by atoms with Gasteiger partial charge in [-0.05, 0) is 43.4 Å². The molecule has 2 fully saturated rings. The third-order valence-electron chi connectivity index (χ3n) is 6.89. The van der Waals surface area contributed by atoms with Gasteiger partial charge in [-0.2, -0.15) is 0 Å². The first kappa shape index (κ1) is 22.4. The summed E-state index contributed by atoms with van der Waals surface area (Å²) >= 11 is 0. The Kier molecular flexibility index (Phi) is 6.46. The predicted octanol–water partition coefficient (Wildman–Crippen LogP) is 1.70. The molecule has 3 aliphatic rings. The van der Waals surface area contributed by atoms with Crippen LogP contribution in [-0.4, -0.2) is 75.7 Å². The molecule has 0 atom stereocenters. The first-order valence-electron chi connectivity index (χ1n) is 11.1. The third-order valence-corrected chi connectivity index (χ3v) is 8.24. The van der Waals surface area contributed by atoms with E-state index in [1.807, 2.05) is 18.2 Å². The van der Waals surface area contributed by atoms with Gasteiger partial charge in [0.05, 0.1) is 18.3 Å². The molecule has 172 valence electrons. The van der Waals surface area contributed by atoms with E-state index in [-0.39, 0.29) is 17.5 Å². The fourth-order valence-corrected chi connectivity index (χ4v) is 5.78. The van der Waals surface area contributed by atoms with Crippen molar-refractivity contribution in [3.63, 3.8) is 0 Å². The standard InChI is InChI=1S/C22H33N3O5S/c1-24(31(2,27)28)18-7-11-25(12-8-18)16-21(26)23-22(9-3-4-10-22)17-5-6-19-20(15-17)30-14-13-29-19/h5-6,15,18H,3-4,7-14,16H2,1-2H3,(H,23,26). The molecular formula is C22H33N3O5S. The van der Waals surface area contributed by atoms with Crippen molar-refractivity contribution in [2.24, 2.45) is 0 Å². The van der Waals surface area contributed by atoms with Gasteiger partial charge in [0.25, 0.3) is 0 Å². The molecule has 1 aromatic rings. The Labute approximate surface area is 184 Å². The number of hydrogen-bond donors (Lipinski definition) is 1. The van der Waals surface area contributed by atoms with Gasteiger partial charge in [0.15, 0.2) is 11.5 Å². The summed E-state index contributed by atoms with van der Waals surface area (Å²) < 4.78 is 36.4. The molecule has 0 spiro atoms. The fraction of sp³-hybridized carbons (Fsp3) is 0.682. The molecule has 1 N–H and O–H groups in total. The molecule has 1 aromatic carbocycles. The minimum Gasteiger partial charge on any atom is -0.486 e. The number of hydrogen-bond acceptors (Lipinski definition) is 6. The van der Waals surface area contributed by atoms with Crippen molar-refractivity contribution >= 4 is 15.9 Å². The Balaban J connectivity index is 1.38. The molecule has 8 nitrogen and oxygen atoms in total. The predicted molar refractivity (Wildman–Crippen MR) is 118 cm³/mol. The lowest BCUT2D eigenvalue weighted by Gasteiger charge is -2.37. The maximum absolute atomic E-state index is 13.0. The summed E-state index contributed by atoms with van der Waals surface area (Å²) in [6.07, 6.45) is 6.72. The number of likely N-dealkylation sites (tertiary alicyclic amines) is 1. The van der Waals surface area contributed by atoms with Crippen LogP contribution in [0, 0.1) is 0 Å². The average molecular weight is 452 g/mol. The number of ether oxygens (including phenoxy) is 2. The molecule has 0 unspecified atom stereocenters. The van der Waals surface area contributed by atoms with Crippen molar-refractivity contribution < 1.29 is 22.7 Å². The molecule has 0 aromatic heterocycles. The van der Waals surface area contributed by atoms with E-state index in [1.54, 1.807) is 7.05 Å². The zero-order valence-corrected chi connectivity index (χ0v) is 19.2. The van der Waals surface area contributed by atoms with Crippen molar-refractivity contribution in [2.45, 2.75) is 50.1 Å². The van der Waals surface area contributed by atoms with Crippen LogP contribution in [0.4, 0.5) is 0 Å². The van der Waals surface area contributed by atoms with E-state index in [4.69, 9.17) is 9.47 Å². The van der Waals surface area contributed by atoms with Gasteiger partial charge in [0.1, 0.15) is 13.2 Å². The van der Waals surface area contributed by atoms with E-state index in [0.29, 0.717) is 19.8 Å². The van der Waals surface area contributed by atoms with Crippen LogP contribution in [-0.2, 0) is 20.4 Å². The highest BCUT2D eigenvalue weighted by Gasteiger charge is 2.38. The van der Waals surface area contributed by atoms with Crippen LogP contribution in [0.3, 0.4) is 0 Å². The van der Waals surface area contributed by atoms with Crippen LogP contribution in [0.15, 0.2) is 18.2 Å². The number of amides is 1. The minimum absolute atomic E-state index is 0.00759. The molecule has 1 saturated heterocycles. The summed E-state index contributed by atoms with van der Waals surface area (Å²) in [5, 5.41) is 3.34. The number of nitrogens with one attached hydrogen (secondary N) is 1. The molecule has 1 saturated carbocycles. The van der Waals surface area contributed by atoms with E-state index in [2.05, 4.69) is 10.2 Å². The minimum atomic E-state index is -3.19. The maximum atomic E-state index is 13.0. The van der Waals surface area contributed by atoms with Crippen LogP contribution in [0.2, 0.25) is 0 Å². The van der Waals surface area contributed by atoms with E-state index in [0.717, 1.165) is 68.7 Å². The summed E-state index contributed by atoms with van der Waals surface area (Å²) in [5.74, 6) is 1.53. The van der Waals surface area contributed by atoms with Crippen LogP contribution in [0.25, 0.3) is 0 Å². The number of fused-ring (bicyclic) bond motifs is 1. The van der Waals surface area contributed by atoms with Crippen molar-refractivity contribution in [1.29, 1.82) is 0 Å². The maximum Gasteiger partial charge on any atom is 0.234 e. The number of carbonyl (C=O) groups is 1. The molecule has 1 amide bonds. The van der Waals surface area contributed by atoms with Crippen LogP contribution in [0.5, 0.6) is 11.5 Å². The number of carbonyl (C=O) groups excluding carboxylic acids is 1. The van der Waals surface area contributed by atoms with E-state index in [1.165, 1.54) is 10.6 Å². The Morgan fingerprint density at radius 3 is 2.45 bits per heavy atom. The van der Waals surface area contributed by atoms with Gasteiger partial charge >= 0.3 is 0 Å². The monoisotopic (exact) mass is 451 g/mol. The quantitative estimate of drug-likeness (QED) is 0.708. The van der Waals surface area contributed by atoms with Gasteiger partial charge in [-0.3, -0.25) is 9.69 Å². The van der Waals surface area contributed by atoms with Crippen molar-refractivity contribution in [2.75, 3.05) is 46.2 Å². The summed E-state index contributed by atoms with van der Waals surface area (Å²) in [5.41, 5.74) is 0.720. The van der Waals surface area contributed by atoms with E-state index in [9.17, 15) is 13.2 Å². The summed E-state index contributed by atoms with van der Waals surface area (Å²) in [6, 6.07) is 6.02. The summed E-state index contributed by atoms with van der Waals surface area (Å²) in [4.78, 5) is 15.1. The lowest BCUT2D eigenvalue weighted by molar-refractivity contribution is -0.124. The molecular weight excluding hydrogens is 418 g/mol. The molecule has 2 aliphatic heterocycles. The molecule has 9 heteroatoms. The number of sulfonamides is 1. The lowest BCUT2D eigenvalue weighted by atomic mass is 9.87. The Hall–Kier alpha value is -1.84. The molecule has 2 heterocycles. The van der Waals surface area contributed by atoms with Gasteiger partial charge < -0.3 is 14.8 Å². The number of piperidine rings is 1. The van der Waals surface area contributed by atoms with Gasteiger partial charge in [-0.15, -0.1) is 0 Å². The van der Waals surface area contributed by atoms with Crippen LogP contribution < -0.4 is 14.8 Å². The first-order valence-corrected chi connectivity index (χ1v) is 13.0. The Morgan fingerprint density at radius 1 is 1.16 bits per heavy atom. The van der Waals surface area contributed by atoms with Crippen LogP contribution >= 0.6 is 0 Å². The normalized spacial score (nSPS) is 21.9. The highest BCUT2D eigenvalue weighted by Crippen LogP contribution is 2.42. The Bertz CT molecular complexity index is 906. The number of rotatable bonds is 6. The zero-order valence-electron chi connectivity index (χ0n) is 18.4. The number of nitrogens with zero attached hydrogens (tertiary/aromatic N) is 2. The van der Waals surface area contributed by atoms with Crippen molar-refractivity contribution in [1.82, 2.24) is 14.5 Å². The van der Waals surface area contributed by atoms with Gasteiger partial charge in [-0.1, -0.05) is 18.9 Å². The fourth-order valence-electron chi connectivity index (χ4n) is 5.03. The van der Waals surface area contributed by atoms with Gasteiger partial charge in [-0.25, -0.2) is 12.7 Å². The third kappa shape index (κ3) is 4.99. The average Bonchev–Trinajstić information content (AvgIpc) is 3.22. The second-order valence-corrected chi connectivity index (χ2v) is 11.0. The smallest absolute Gasteiger partial charge is 0.234 e. The topological polar surface area (TPSA) is 88.2 Å². The second kappa shape index (κ2) is 8.96. The zero-order chi connectivity index (χ0) is 22.1. The van der Waals surface area contributed by atoms with Crippen molar-refractivity contribution in [3.05, 3.63) is 23.8 Å². The summed E-state index contributed by atoms with van der Waals surface area (Å²) in [7, 11) is -1.55. The largest absolute Gasteiger partial charge is 0.486 e. The highest BCUT2D eigenvalue weighted by molar-refractivity contribution is 7.88. The van der Waals surface area contributed by atoms with Gasteiger partial charge in [0, 0.05) is 26.2 Å². The molecule has 1 aliphatic carbocycles. The lowest BCUT2D eigenvalue weighted by Crippen LogP contribution is -2.51. The highest BCUT2D eigenvalue weighted by atomic mass is 32.2. The molecule has 4 rings (SSSR count). The number of benzene rings is 1. The van der Waals surface area contributed by atoms with Crippen molar-refractivity contribution in [3.8, 4) is 11.5 Å². The molecule has 31 heavy (non-hydrogen) atoms.